The predicted octanol–water partition coefficient (Wildman–Crippen LogP) is 0.00740. The lowest BCUT2D eigenvalue weighted by Gasteiger charge is -2.34. The van der Waals surface area contributed by atoms with E-state index in [2.05, 4.69) is 4.74 Å². The van der Waals surface area contributed by atoms with E-state index in [1.54, 1.807) is 0 Å². The minimum atomic E-state index is -4.79. The van der Waals surface area contributed by atoms with Gasteiger partial charge in [0.25, 0.3) is 0 Å². The first-order valence-corrected chi connectivity index (χ1v) is 3.52. The molecule has 1 saturated heterocycles. The Hall–Kier alpha value is -0.400. The number of rotatable bonds is 0. The van der Waals surface area contributed by atoms with Crippen molar-refractivity contribution in [3.8, 4) is 0 Å². The molecule has 0 aliphatic carbocycles. The molecule has 0 spiro atoms. The quantitative estimate of drug-likeness (QED) is 0.546. The highest BCUT2D eigenvalue weighted by molar-refractivity contribution is 4.90. The summed E-state index contributed by atoms with van der Waals surface area (Å²) >= 11 is 0. The molecule has 0 unspecified atom stereocenters. The van der Waals surface area contributed by atoms with Crippen molar-refractivity contribution in [2.75, 3.05) is 6.61 Å². The third-order valence-electron chi connectivity index (χ3n) is 1.79. The summed E-state index contributed by atoms with van der Waals surface area (Å²) in [6.07, 6.45) is -13.6. The van der Waals surface area contributed by atoms with Crippen LogP contribution in [0.25, 0.3) is 0 Å². The molecule has 13 heavy (non-hydrogen) atoms. The SMILES string of the molecule is O[C@@H]1[C@H](O)[C@@H](F)CO[C@@H]1C(F)(F)F. The summed E-state index contributed by atoms with van der Waals surface area (Å²) in [5, 5.41) is 17.6. The average Bonchev–Trinajstić information content (AvgIpc) is 1.98. The lowest BCUT2D eigenvalue weighted by atomic mass is 10.0. The van der Waals surface area contributed by atoms with Crippen LogP contribution < -0.4 is 0 Å². The van der Waals surface area contributed by atoms with Gasteiger partial charge in [-0.2, -0.15) is 13.2 Å². The van der Waals surface area contributed by atoms with Crippen molar-refractivity contribution in [1.82, 2.24) is 0 Å². The maximum Gasteiger partial charge on any atom is 0.417 e. The van der Waals surface area contributed by atoms with Gasteiger partial charge in [-0.1, -0.05) is 0 Å². The Kier molecular flexibility index (Phi) is 2.79. The monoisotopic (exact) mass is 204 g/mol. The number of alkyl halides is 4. The second kappa shape index (κ2) is 3.39. The third kappa shape index (κ3) is 2.09. The van der Waals surface area contributed by atoms with Gasteiger partial charge < -0.3 is 14.9 Å². The largest absolute Gasteiger partial charge is 0.417 e. The predicted molar refractivity (Wildman–Crippen MR) is 32.7 cm³/mol. The Bertz CT molecular complexity index is 183. The molecule has 78 valence electrons. The van der Waals surface area contributed by atoms with Crippen LogP contribution in [0.2, 0.25) is 0 Å². The molecule has 0 amide bonds. The smallest absolute Gasteiger partial charge is 0.387 e. The first-order valence-electron chi connectivity index (χ1n) is 3.52. The summed E-state index contributed by atoms with van der Waals surface area (Å²) in [6, 6.07) is 0. The van der Waals surface area contributed by atoms with Crippen molar-refractivity contribution in [3.05, 3.63) is 0 Å². The van der Waals surface area contributed by atoms with Crippen molar-refractivity contribution in [1.29, 1.82) is 0 Å². The van der Waals surface area contributed by atoms with Crippen LogP contribution in [-0.4, -0.2) is 47.5 Å². The number of ether oxygens (including phenoxy) is 1. The van der Waals surface area contributed by atoms with Gasteiger partial charge in [-0.3, -0.25) is 0 Å². The zero-order chi connectivity index (χ0) is 10.2. The number of halogens is 4. The van der Waals surface area contributed by atoms with Gasteiger partial charge in [0.05, 0.1) is 6.61 Å². The fourth-order valence-electron chi connectivity index (χ4n) is 1.07. The van der Waals surface area contributed by atoms with Gasteiger partial charge in [-0.25, -0.2) is 4.39 Å². The van der Waals surface area contributed by atoms with Crippen molar-refractivity contribution in [2.45, 2.75) is 30.7 Å². The fraction of sp³-hybridized carbons (Fsp3) is 1.00. The van der Waals surface area contributed by atoms with Crippen molar-refractivity contribution >= 4 is 0 Å². The molecule has 0 aromatic rings. The molecule has 0 bridgehead atoms. The van der Waals surface area contributed by atoms with E-state index in [1.165, 1.54) is 0 Å². The third-order valence-corrected chi connectivity index (χ3v) is 1.79. The van der Waals surface area contributed by atoms with Crippen molar-refractivity contribution in [3.63, 3.8) is 0 Å². The van der Waals surface area contributed by atoms with Gasteiger partial charge in [-0.15, -0.1) is 0 Å². The molecule has 2 N–H and O–H groups in total. The molecule has 1 rings (SSSR count). The van der Waals surface area contributed by atoms with Crippen LogP contribution in [0, 0.1) is 0 Å². The Morgan fingerprint density at radius 2 is 1.69 bits per heavy atom. The summed E-state index contributed by atoms with van der Waals surface area (Å²) in [5.74, 6) is 0. The van der Waals surface area contributed by atoms with Crippen LogP contribution >= 0.6 is 0 Å². The number of aliphatic hydroxyl groups is 2. The molecule has 0 saturated carbocycles. The van der Waals surface area contributed by atoms with Gasteiger partial charge in [0.1, 0.15) is 12.2 Å². The Balaban J connectivity index is 2.70. The lowest BCUT2D eigenvalue weighted by Crippen LogP contribution is -2.56. The minimum Gasteiger partial charge on any atom is -0.387 e. The van der Waals surface area contributed by atoms with Crippen molar-refractivity contribution in [2.24, 2.45) is 0 Å². The molecule has 0 aromatic carbocycles. The molecule has 1 heterocycles. The normalized spacial score (nSPS) is 42.0. The van der Waals surface area contributed by atoms with Crippen LogP contribution in [0.15, 0.2) is 0 Å². The number of aliphatic hydroxyl groups excluding tert-OH is 2. The first kappa shape index (κ1) is 10.7. The van der Waals surface area contributed by atoms with Gasteiger partial charge in [0, 0.05) is 0 Å². The summed E-state index contributed by atoms with van der Waals surface area (Å²) < 4.78 is 52.4. The van der Waals surface area contributed by atoms with Crippen LogP contribution in [0.1, 0.15) is 0 Å². The molecule has 1 aliphatic rings. The van der Waals surface area contributed by atoms with E-state index >= 15 is 0 Å². The Morgan fingerprint density at radius 3 is 2.15 bits per heavy atom. The molecule has 0 aromatic heterocycles. The van der Waals surface area contributed by atoms with Crippen LogP contribution in [0.4, 0.5) is 17.6 Å². The molecule has 7 heteroatoms. The van der Waals surface area contributed by atoms with Gasteiger partial charge in [0.15, 0.2) is 12.3 Å². The van der Waals surface area contributed by atoms with E-state index in [9.17, 15) is 17.6 Å². The number of hydrogen-bond acceptors (Lipinski definition) is 3. The summed E-state index contributed by atoms with van der Waals surface area (Å²) in [5.41, 5.74) is 0. The van der Waals surface area contributed by atoms with Gasteiger partial charge in [0.2, 0.25) is 0 Å². The molecule has 1 fully saturated rings. The standard InChI is InChI=1S/C6H8F4O3/c7-2-1-13-5(6(8,9)10)4(12)3(2)11/h2-5,11-12H,1H2/t2-,3+,4+,5-/m0/s1. The zero-order valence-corrected chi connectivity index (χ0v) is 6.33. The van der Waals surface area contributed by atoms with E-state index in [4.69, 9.17) is 10.2 Å². The molecule has 3 nitrogen and oxygen atoms in total. The van der Waals surface area contributed by atoms with E-state index in [1.807, 2.05) is 0 Å². The maximum absolute atomic E-state index is 12.5. The minimum absolute atomic E-state index is 0.859. The number of hydrogen-bond donors (Lipinski definition) is 2. The molecule has 0 radical (unpaired) electrons. The molecular formula is C6H8F4O3. The average molecular weight is 204 g/mol. The van der Waals surface area contributed by atoms with Crippen molar-refractivity contribution < 1.29 is 32.5 Å². The summed E-state index contributed by atoms with van der Waals surface area (Å²) in [7, 11) is 0. The fourth-order valence-corrected chi connectivity index (χ4v) is 1.07. The Labute approximate surface area is 70.9 Å². The van der Waals surface area contributed by atoms with E-state index in [0.29, 0.717) is 0 Å². The topological polar surface area (TPSA) is 49.7 Å². The van der Waals surface area contributed by atoms with Crippen LogP contribution in [0.5, 0.6) is 0 Å². The highest BCUT2D eigenvalue weighted by atomic mass is 19.4. The second-order valence-corrected chi connectivity index (χ2v) is 2.79. The van der Waals surface area contributed by atoms with Crippen LogP contribution in [0.3, 0.4) is 0 Å². The molecular weight excluding hydrogens is 196 g/mol. The van der Waals surface area contributed by atoms with E-state index < -0.39 is 37.3 Å². The first-order chi connectivity index (χ1) is 5.84. The highest BCUT2D eigenvalue weighted by Crippen LogP contribution is 2.30. The maximum atomic E-state index is 12.5. The second-order valence-electron chi connectivity index (χ2n) is 2.79. The van der Waals surface area contributed by atoms with Gasteiger partial charge in [-0.05, 0) is 0 Å². The molecule has 4 atom stereocenters. The highest BCUT2D eigenvalue weighted by Gasteiger charge is 2.52. The lowest BCUT2D eigenvalue weighted by molar-refractivity contribution is -0.284. The van der Waals surface area contributed by atoms with Gasteiger partial charge >= 0.3 is 6.18 Å². The summed E-state index contributed by atoms with van der Waals surface area (Å²) in [4.78, 5) is 0. The summed E-state index contributed by atoms with van der Waals surface area (Å²) in [6.45, 7) is -0.859. The zero-order valence-electron chi connectivity index (χ0n) is 6.33. The Morgan fingerprint density at radius 1 is 1.15 bits per heavy atom. The van der Waals surface area contributed by atoms with E-state index in [-0.39, 0.29) is 0 Å². The molecule has 1 aliphatic heterocycles. The van der Waals surface area contributed by atoms with Crippen LogP contribution in [-0.2, 0) is 4.74 Å². The van der Waals surface area contributed by atoms with E-state index in [0.717, 1.165) is 0 Å².